The topological polar surface area (TPSA) is 88.7 Å². The highest BCUT2D eigenvalue weighted by atomic mass is 79.9. The summed E-state index contributed by atoms with van der Waals surface area (Å²) in [6.45, 7) is 2.41. The van der Waals surface area contributed by atoms with Crippen molar-refractivity contribution in [2.75, 3.05) is 12.0 Å². The Morgan fingerprint density at radius 3 is 2.41 bits per heavy atom. The molecule has 1 N–H and O–H groups in total. The van der Waals surface area contributed by atoms with Crippen LogP contribution in [0.2, 0.25) is 0 Å². The zero-order valence-electron chi connectivity index (χ0n) is 21.0. The van der Waals surface area contributed by atoms with Gasteiger partial charge in [0.2, 0.25) is 11.8 Å². The number of nitrogens with one attached hydrogen (secondary N) is 1. The molecule has 2 aliphatic heterocycles. The number of fused-ring (bicyclic) bond motifs is 2. The molecule has 0 aliphatic carbocycles. The summed E-state index contributed by atoms with van der Waals surface area (Å²) in [6, 6.07) is 20.8. The van der Waals surface area contributed by atoms with Crippen molar-refractivity contribution in [2.45, 2.75) is 29.7 Å². The van der Waals surface area contributed by atoms with Crippen LogP contribution in [0.15, 0.2) is 81.0 Å². The summed E-state index contributed by atoms with van der Waals surface area (Å²) in [5.74, 6) is -0.655. The summed E-state index contributed by atoms with van der Waals surface area (Å²) in [5, 5.41) is -0.0268. The number of rotatable bonds is 6. The van der Waals surface area contributed by atoms with Crippen LogP contribution in [0.4, 0.5) is 5.69 Å². The molecule has 3 atom stereocenters. The maximum Gasteiger partial charge on any atom is 0.305 e. The van der Waals surface area contributed by atoms with E-state index < -0.39 is 17.1 Å². The number of aryl methyl sites for hydroxylation is 1. The molecule has 0 bridgehead atoms. The Morgan fingerprint density at radius 2 is 1.69 bits per heavy atom. The van der Waals surface area contributed by atoms with Crippen LogP contribution in [-0.4, -0.2) is 29.2 Å². The molecule has 39 heavy (non-hydrogen) atoms. The van der Waals surface area contributed by atoms with Gasteiger partial charge < -0.3 is 14.5 Å². The molecule has 4 aromatic rings. The van der Waals surface area contributed by atoms with E-state index in [2.05, 4.69) is 20.9 Å². The average Bonchev–Trinajstić information content (AvgIpc) is 3.43. The molecule has 0 unspecified atom stereocenters. The van der Waals surface area contributed by atoms with Gasteiger partial charge >= 0.3 is 4.87 Å². The number of nitrogens with zero attached hydrogens (tertiary/aromatic N) is 1. The van der Waals surface area contributed by atoms with Gasteiger partial charge in [-0.3, -0.25) is 14.4 Å². The molecule has 6 rings (SSSR count). The Labute approximate surface area is 241 Å². The zero-order valence-corrected chi connectivity index (χ0v) is 24.2. The Bertz CT molecular complexity index is 1630. The number of thiazole rings is 1. The second kappa shape index (κ2) is 10.3. The number of benzene rings is 3. The Kier molecular flexibility index (Phi) is 6.86. The van der Waals surface area contributed by atoms with Crippen LogP contribution in [0.1, 0.15) is 27.5 Å². The van der Waals surface area contributed by atoms with E-state index in [1.165, 1.54) is 22.2 Å². The van der Waals surface area contributed by atoms with E-state index in [0.717, 1.165) is 31.8 Å². The van der Waals surface area contributed by atoms with Gasteiger partial charge in [-0.05, 0) is 54.4 Å². The molecule has 0 spiro atoms. The number of amides is 2. The number of ether oxygens (including phenoxy) is 2. The molecular weight excluding hydrogens is 600 g/mol. The van der Waals surface area contributed by atoms with Gasteiger partial charge in [-0.1, -0.05) is 74.9 Å². The number of thioether (sulfide) groups is 1. The number of hydrogen-bond donors (Lipinski definition) is 1. The van der Waals surface area contributed by atoms with E-state index >= 15 is 0 Å². The smallest absolute Gasteiger partial charge is 0.305 e. The van der Waals surface area contributed by atoms with E-state index in [4.69, 9.17) is 9.47 Å². The van der Waals surface area contributed by atoms with E-state index in [1.54, 1.807) is 31.4 Å². The van der Waals surface area contributed by atoms with E-state index in [9.17, 15) is 14.4 Å². The first-order valence-electron chi connectivity index (χ1n) is 12.2. The molecule has 1 aromatic heterocycles. The summed E-state index contributed by atoms with van der Waals surface area (Å²) in [5.41, 5.74) is 3.51. The highest BCUT2D eigenvalue weighted by Crippen LogP contribution is 2.53. The van der Waals surface area contributed by atoms with Gasteiger partial charge in [-0.25, -0.2) is 4.90 Å². The molecule has 2 aliphatic rings. The van der Waals surface area contributed by atoms with Crippen LogP contribution in [0.25, 0.3) is 0 Å². The lowest BCUT2D eigenvalue weighted by Crippen LogP contribution is -2.32. The van der Waals surface area contributed by atoms with Crippen LogP contribution in [0.5, 0.6) is 11.5 Å². The van der Waals surface area contributed by atoms with Crippen LogP contribution >= 0.6 is 39.0 Å². The second-order valence-electron chi connectivity index (χ2n) is 9.42. The normalized spacial score (nSPS) is 20.1. The van der Waals surface area contributed by atoms with Crippen molar-refractivity contribution >= 4 is 56.5 Å². The van der Waals surface area contributed by atoms with Crippen molar-refractivity contribution in [3.8, 4) is 11.5 Å². The molecule has 198 valence electrons. The van der Waals surface area contributed by atoms with Gasteiger partial charge in [-0.15, -0.1) is 0 Å². The molecule has 1 saturated heterocycles. The molecule has 3 aromatic carbocycles. The van der Waals surface area contributed by atoms with Gasteiger partial charge in [-0.2, -0.15) is 0 Å². The van der Waals surface area contributed by atoms with E-state index in [0.29, 0.717) is 28.8 Å². The first-order valence-corrected chi connectivity index (χ1v) is 14.7. The minimum absolute atomic E-state index is 0.216. The van der Waals surface area contributed by atoms with Crippen LogP contribution < -0.4 is 19.2 Å². The molecule has 0 radical (unpaired) electrons. The van der Waals surface area contributed by atoms with E-state index in [1.807, 2.05) is 49.4 Å². The fourth-order valence-electron chi connectivity index (χ4n) is 5.06. The van der Waals surface area contributed by atoms with Crippen molar-refractivity contribution in [2.24, 2.45) is 5.92 Å². The van der Waals surface area contributed by atoms with Crippen LogP contribution in [0.3, 0.4) is 0 Å². The molecule has 10 heteroatoms. The van der Waals surface area contributed by atoms with E-state index in [-0.39, 0.29) is 16.7 Å². The third-order valence-electron chi connectivity index (χ3n) is 6.97. The Morgan fingerprint density at radius 1 is 0.949 bits per heavy atom. The summed E-state index contributed by atoms with van der Waals surface area (Å²) >= 11 is 5.74. The molecule has 7 nitrogen and oxygen atoms in total. The standard InChI is InChI=1S/C29H23BrN2O5S2/c1-15-3-5-16(6-4-15)14-37-20-12-7-17(13-21(20)36-2)22-23-25(38-26-24(22)39-29(35)31-26)28(34)32(27(23)33)19-10-8-18(30)9-11-19/h3-13,22-23,25H,14H2,1-2H3,(H,31,35)/t22-,23-,25+/m0/s1. The lowest BCUT2D eigenvalue weighted by molar-refractivity contribution is -0.122. The number of hydrogen-bond acceptors (Lipinski definition) is 7. The fraction of sp³-hybridized carbons (Fsp3) is 0.207. The summed E-state index contributed by atoms with van der Waals surface area (Å²) in [6.07, 6.45) is 0. The first kappa shape index (κ1) is 25.9. The number of methoxy groups -OCH3 is 1. The lowest BCUT2D eigenvalue weighted by atomic mass is 9.83. The second-order valence-corrected chi connectivity index (χ2v) is 12.5. The molecule has 0 saturated carbocycles. The third kappa shape index (κ3) is 4.70. The number of aromatic nitrogens is 1. The number of halogens is 1. The number of H-pyrrole nitrogens is 1. The van der Waals surface area contributed by atoms with Gasteiger partial charge in [0.1, 0.15) is 11.9 Å². The minimum atomic E-state index is -0.672. The minimum Gasteiger partial charge on any atom is -0.493 e. The van der Waals surface area contributed by atoms with Crippen molar-refractivity contribution in [3.05, 3.63) is 102 Å². The van der Waals surface area contributed by atoms with Crippen molar-refractivity contribution < 1.29 is 19.1 Å². The fourth-order valence-corrected chi connectivity index (χ4v) is 7.84. The third-order valence-corrected chi connectivity index (χ3v) is 9.90. The maximum absolute atomic E-state index is 13.9. The highest BCUT2D eigenvalue weighted by molar-refractivity contribution is 9.10. The van der Waals surface area contributed by atoms with Gasteiger partial charge in [0.05, 0.1) is 23.7 Å². The van der Waals surface area contributed by atoms with Crippen LogP contribution in [-0.2, 0) is 16.2 Å². The quantitative estimate of drug-likeness (QED) is 0.270. The van der Waals surface area contributed by atoms with Crippen molar-refractivity contribution in [1.29, 1.82) is 0 Å². The number of carbonyl (C=O) groups excluding carboxylic acids is 2. The SMILES string of the molecule is COc1cc([C@@H]2c3sc(=O)[nH]c3S[C@H]3C(=O)N(c4ccc(Br)cc4)C(=O)[C@@H]23)ccc1OCc1ccc(C)cc1. The predicted molar refractivity (Wildman–Crippen MR) is 155 cm³/mol. The largest absolute Gasteiger partial charge is 0.493 e. The molecular formula is C29H23BrN2O5S2. The number of carbonyl (C=O) groups is 2. The molecule has 2 amide bonds. The monoisotopic (exact) mass is 622 g/mol. The zero-order chi connectivity index (χ0) is 27.3. The van der Waals surface area contributed by atoms with Gasteiger partial charge in [0, 0.05) is 15.3 Å². The Hall–Kier alpha value is -3.34. The first-order chi connectivity index (χ1) is 18.8. The van der Waals surface area contributed by atoms with Gasteiger partial charge in [0.25, 0.3) is 0 Å². The summed E-state index contributed by atoms with van der Waals surface area (Å²) in [7, 11) is 1.57. The number of anilines is 1. The highest BCUT2D eigenvalue weighted by Gasteiger charge is 2.56. The lowest BCUT2D eigenvalue weighted by Gasteiger charge is -2.30. The van der Waals surface area contributed by atoms with Gasteiger partial charge in [0.15, 0.2) is 11.5 Å². The summed E-state index contributed by atoms with van der Waals surface area (Å²) in [4.78, 5) is 44.5. The number of imide groups is 1. The average molecular weight is 624 g/mol. The maximum atomic E-state index is 13.9. The number of aromatic amines is 1. The predicted octanol–water partition coefficient (Wildman–Crippen LogP) is 5.89. The van der Waals surface area contributed by atoms with Crippen molar-refractivity contribution in [1.82, 2.24) is 4.98 Å². The molecule has 1 fully saturated rings. The summed E-state index contributed by atoms with van der Waals surface area (Å²) < 4.78 is 12.6. The van der Waals surface area contributed by atoms with Crippen molar-refractivity contribution in [3.63, 3.8) is 0 Å². The molecule has 3 heterocycles. The van der Waals surface area contributed by atoms with Crippen LogP contribution in [0, 0.1) is 12.8 Å². The Balaban J connectivity index is 1.37.